The summed E-state index contributed by atoms with van der Waals surface area (Å²) in [7, 11) is 1.59. The Kier molecular flexibility index (Phi) is 6.37. The van der Waals surface area contributed by atoms with Crippen molar-refractivity contribution < 1.29 is 9.53 Å². The third kappa shape index (κ3) is 4.15. The van der Waals surface area contributed by atoms with E-state index in [4.69, 9.17) is 10.00 Å². The number of nitrogens with zero attached hydrogens (tertiary/aromatic N) is 5. The van der Waals surface area contributed by atoms with E-state index in [1.54, 1.807) is 22.1 Å². The van der Waals surface area contributed by atoms with Gasteiger partial charge in [-0.3, -0.25) is 18.6 Å². The van der Waals surface area contributed by atoms with Crippen LogP contribution in [0.15, 0.2) is 58.5 Å². The number of rotatable bonds is 8. The zero-order valence-corrected chi connectivity index (χ0v) is 18.1. The van der Waals surface area contributed by atoms with Crippen molar-refractivity contribution in [1.29, 1.82) is 5.26 Å². The molecule has 9 nitrogen and oxygen atoms in total. The van der Waals surface area contributed by atoms with Crippen molar-refractivity contribution in [2.75, 3.05) is 19.4 Å². The van der Waals surface area contributed by atoms with Gasteiger partial charge in [0.05, 0.1) is 42.8 Å². The van der Waals surface area contributed by atoms with E-state index in [1.807, 2.05) is 48.5 Å². The Morgan fingerprint density at radius 1 is 1.19 bits per heavy atom. The Labute approximate surface area is 187 Å². The quantitative estimate of drug-likeness (QED) is 0.325. The van der Waals surface area contributed by atoms with E-state index in [1.165, 1.54) is 11.8 Å². The SMILES string of the molecule is COc1ccccc1Cn1c(=O)c2ccccc2n2c(SCC(=O)NCCC#N)nnc12. The van der Waals surface area contributed by atoms with Gasteiger partial charge < -0.3 is 10.1 Å². The van der Waals surface area contributed by atoms with Gasteiger partial charge in [0.2, 0.25) is 11.7 Å². The second kappa shape index (κ2) is 9.53. The average Bonchev–Trinajstić information content (AvgIpc) is 3.25. The molecule has 2 heterocycles. The molecule has 162 valence electrons. The fraction of sp³-hybridized carbons (Fsp3) is 0.227. The lowest BCUT2D eigenvalue weighted by molar-refractivity contribution is -0.118. The molecular weight excluding hydrogens is 428 g/mol. The Hall–Kier alpha value is -3.84. The first-order chi connectivity index (χ1) is 15.6. The minimum Gasteiger partial charge on any atom is -0.496 e. The molecule has 1 amide bonds. The van der Waals surface area contributed by atoms with Gasteiger partial charge in [-0.2, -0.15) is 5.26 Å². The van der Waals surface area contributed by atoms with E-state index in [-0.39, 0.29) is 30.2 Å². The summed E-state index contributed by atoms with van der Waals surface area (Å²) in [6.45, 7) is 0.562. The second-order valence-corrected chi connectivity index (χ2v) is 7.83. The normalized spacial score (nSPS) is 10.9. The number of fused-ring (bicyclic) bond motifs is 3. The molecule has 0 bridgehead atoms. The largest absolute Gasteiger partial charge is 0.496 e. The van der Waals surface area contributed by atoms with Gasteiger partial charge in [0.1, 0.15) is 5.75 Å². The molecule has 0 aliphatic carbocycles. The molecule has 2 aromatic heterocycles. The standard InChI is InChI=1S/C22H20N6O3S/c1-31-18-10-5-2-7-15(18)13-27-20(30)16-8-3-4-9-17(16)28-21(27)25-26-22(28)32-14-19(29)24-12-6-11-23/h2-5,7-10H,6,12-14H2,1H3,(H,24,29). The molecule has 4 rings (SSSR count). The molecule has 0 spiro atoms. The summed E-state index contributed by atoms with van der Waals surface area (Å²) in [5.74, 6) is 0.973. The summed E-state index contributed by atoms with van der Waals surface area (Å²) < 4.78 is 8.79. The smallest absolute Gasteiger partial charge is 0.263 e. The lowest BCUT2D eigenvalue weighted by atomic mass is 10.2. The van der Waals surface area contributed by atoms with Crippen molar-refractivity contribution in [2.45, 2.75) is 18.1 Å². The summed E-state index contributed by atoms with van der Waals surface area (Å²) in [4.78, 5) is 25.4. The lowest BCUT2D eigenvalue weighted by Crippen LogP contribution is -2.26. The molecule has 0 aliphatic rings. The number of nitriles is 1. The molecule has 4 aromatic rings. The second-order valence-electron chi connectivity index (χ2n) is 6.89. The summed E-state index contributed by atoms with van der Waals surface area (Å²) in [6, 6.07) is 16.7. The van der Waals surface area contributed by atoms with Crippen molar-refractivity contribution in [3.05, 3.63) is 64.4 Å². The summed E-state index contributed by atoms with van der Waals surface area (Å²) in [6.07, 6.45) is 0.254. The van der Waals surface area contributed by atoms with Crippen LogP contribution in [0.1, 0.15) is 12.0 Å². The predicted molar refractivity (Wildman–Crippen MR) is 121 cm³/mol. The van der Waals surface area contributed by atoms with Crippen molar-refractivity contribution in [3.8, 4) is 11.8 Å². The topological polar surface area (TPSA) is 114 Å². The first-order valence-corrected chi connectivity index (χ1v) is 10.9. The van der Waals surface area contributed by atoms with Crippen LogP contribution in [0.5, 0.6) is 5.75 Å². The predicted octanol–water partition coefficient (Wildman–Crippen LogP) is 2.22. The number of carbonyl (C=O) groups excluding carboxylic acids is 1. The van der Waals surface area contributed by atoms with Gasteiger partial charge in [-0.15, -0.1) is 10.2 Å². The number of aromatic nitrogens is 4. The van der Waals surface area contributed by atoms with Gasteiger partial charge in [0.25, 0.3) is 5.56 Å². The third-order valence-electron chi connectivity index (χ3n) is 4.89. The highest BCUT2D eigenvalue weighted by Crippen LogP contribution is 2.23. The van der Waals surface area contributed by atoms with E-state index >= 15 is 0 Å². The molecule has 0 saturated heterocycles. The van der Waals surface area contributed by atoms with E-state index in [2.05, 4.69) is 15.5 Å². The molecule has 0 atom stereocenters. The maximum Gasteiger partial charge on any atom is 0.263 e. The van der Waals surface area contributed by atoms with E-state index in [0.717, 1.165) is 5.56 Å². The van der Waals surface area contributed by atoms with Crippen LogP contribution in [-0.4, -0.2) is 44.5 Å². The summed E-state index contributed by atoms with van der Waals surface area (Å²) >= 11 is 1.22. The highest BCUT2D eigenvalue weighted by molar-refractivity contribution is 7.99. The highest BCUT2D eigenvalue weighted by atomic mass is 32.2. The zero-order valence-electron chi connectivity index (χ0n) is 17.3. The van der Waals surface area contributed by atoms with Gasteiger partial charge in [0.15, 0.2) is 5.16 Å². The molecule has 0 unspecified atom stereocenters. The first kappa shape index (κ1) is 21.4. The molecule has 0 saturated carbocycles. The Balaban J connectivity index is 1.77. The van der Waals surface area contributed by atoms with E-state index < -0.39 is 0 Å². The van der Waals surface area contributed by atoms with Crippen molar-refractivity contribution in [3.63, 3.8) is 0 Å². The van der Waals surface area contributed by atoms with Gasteiger partial charge in [0, 0.05) is 12.1 Å². The number of methoxy groups -OCH3 is 1. The van der Waals surface area contributed by atoms with Gasteiger partial charge in [-0.1, -0.05) is 42.1 Å². The maximum absolute atomic E-state index is 13.3. The highest BCUT2D eigenvalue weighted by Gasteiger charge is 2.18. The molecule has 0 fully saturated rings. The molecule has 0 aliphatic heterocycles. The molecule has 0 radical (unpaired) electrons. The fourth-order valence-corrected chi connectivity index (χ4v) is 4.18. The molecule has 10 heteroatoms. The van der Waals surface area contributed by atoms with E-state index in [9.17, 15) is 9.59 Å². The number of carbonyl (C=O) groups is 1. The molecule has 2 aromatic carbocycles. The molecule has 1 N–H and O–H groups in total. The monoisotopic (exact) mass is 448 g/mol. The van der Waals surface area contributed by atoms with Crippen LogP contribution in [0.3, 0.4) is 0 Å². The Morgan fingerprint density at radius 3 is 2.78 bits per heavy atom. The number of hydrogen-bond acceptors (Lipinski definition) is 7. The molecular formula is C22H20N6O3S. The van der Waals surface area contributed by atoms with Crippen LogP contribution in [0, 0.1) is 11.3 Å². The Bertz CT molecular complexity index is 1390. The van der Waals surface area contributed by atoms with Crippen LogP contribution in [-0.2, 0) is 11.3 Å². The number of benzene rings is 2. The number of para-hydroxylation sites is 2. The summed E-state index contributed by atoms with van der Waals surface area (Å²) in [5.41, 5.74) is 1.32. The van der Waals surface area contributed by atoms with Crippen LogP contribution < -0.4 is 15.6 Å². The van der Waals surface area contributed by atoms with Gasteiger partial charge >= 0.3 is 0 Å². The minimum absolute atomic E-state index is 0.117. The number of ether oxygens (including phenoxy) is 1. The minimum atomic E-state index is -0.200. The number of hydrogen-bond donors (Lipinski definition) is 1. The van der Waals surface area contributed by atoms with Crippen molar-refractivity contribution >= 4 is 34.3 Å². The van der Waals surface area contributed by atoms with Crippen molar-refractivity contribution in [1.82, 2.24) is 24.5 Å². The van der Waals surface area contributed by atoms with Crippen molar-refractivity contribution in [2.24, 2.45) is 0 Å². The fourth-order valence-electron chi connectivity index (χ4n) is 3.41. The zero-order chi connectivity index (χ0) is 22.5. The molecule has 32 heavy (non-hydrogen) atoms. The maximum atomic E-state index is 13.3. The number of nitrogens with one attached hydrogen (secondary N) is 1. The van der Waals surface area contributed by atoms with Crippen LogP contribution in [0.25, 0.3) is 16.7 Å². The summed E-state index contributed by atoms with van der Waals surface area (Å²) in [5, 5.41) is 20.8. The van der Waals surface area contributed by atoms with Gasteiger partial charge in [-0.05, 0) is 18.2 Å². The lowest BCUT2D eigenvalue weighted by Gasteiger charge is -2.13. The van der Waals surface area contributed by atoms with Crippen LogP contribution in [0.2, 0.25) is 0 Å². The van der Waals surface area contributed by atoms with Gasteiger partial charge in [-0.25, -0.2) is 0 Å². The average molecular weight is 449 g/mol. The van der Waals surface area contributed by atoms with E-state index in [0.29, 0.717) is 34.1 Å². The Morgan fingerprint density at radius 2 is 1.97 bits per heavy atom. The first-order valence-electron chi connectivity index (χ1n) is 9.89. The number of amides is 1. The third-order valence-corrected chi connectivity index (χ3v) is 5.82. The number of thioether (sulfide) groups is 1. The van der Waals surface area contributed by atoms with Crippen LogP contribution >= 0.6 is 11.8 Å². The van der Waals surface area contributed by atoms with Crippen LogP contribution in [0.4, 0.5) is 0 Å².